The van der Waals surface area contributed by atoms with Gasteiger partial charge >= 0.3 is 6.18 Å². The molecule has 0 aliphatic heterocycles. The minimum absolute atomic E-state index is 0.0327. The van der Waals surface area contributed by atoms with E-state index < -0.39 is 21.7 Å². The van der Waals surface area contributed by atoms with Crippen LogP contribution in [0.2, 0.25) is 0 Å². The molecule has 0 fully saturated rings. The summed E-state index contributed by atoms with van der Waals surface area (Å²) in [5, 5.41) is 5.30. The lowest BCUT2D eigenvalue weighted by Gasteiger charge is -2.08. The van der Waals surface area contributed by atoms with Crippen molar-refractivity contribution in [2.75, 3.05) is 19.5 Å². The highest BCUT2D eigenvalue weighted by Crippen LogP contribution is 2.35. The first-order valence-electron chi connectivity index (χ1n) is 6.18. The molecule has 0 amide bonds. The first-order valence-corrected chi connectivity index (χ1v) is 7.83. The van der Waals surface area contributed by atoms with Gasteiger partial charge < -0.3 is 4.74 Å². The topological polar surface area (TPSA) is 72.1 Å². The van der Waals surface area contributed by atoms with Crippen LogP contribution in [-0.2, 0) is 20.8 Å². The molecule has 1 aromatic heterocycles. The lowest BCUT2D eigenvalue weighted by atomic mass is 10.1. The van der Waals surface area contributed by atoms with E-state index in [2.05, 4.69) is 5.10 Å². The lowest BCUT2D eigenvalue weighted by molar-refractivity contribution is -0.140. The zero-order chi connectivity index (χ0) is 16.4. The minimum Gasteiger partial charge on any atom is -0.384 e. The highest BCUT2D eigenvalue weighted by molar-refractivity contribution is 7.91. The maximum atomic E-state index is 12.8. The fourth-order valence-corrected chi connectivity index (χ4v) is 3.05. The maximum absolute atomic E-state index is 12.8. The number of H-pyrrole nitrogens is 1. The molecular formula is C13H13F3N2O3S. The number of methoxy groups -OCH3 is 1. The van der Waals surface area contributed by atoms with Crippen molar-refractivity contribution in [1.29, 1.82) is 0 Å². The van der Waals surface area contributed by atoms with Crippen molar-refractivity contribution in [3.05, 3.63) is 36.2 Å². The van der Waals surface area contributed by atoms with E-state index in [4.69, 9.17) is 4.74 Å². The molecule has 0 saturated heterocycles. The molecule has 120 valence electrons. The molecule has 1 N–H and O–H groups in total. The van der Waals surface area contributed by atoms with Gasteiger partial charge in [0.1, 0.15) is 5.69 Å². The van der Waals surface area contributed by atoms with Crippen molar-refractivity contribution in [2.24, 2.45) is 0 Å². The van der Waals surface area contributed by atoms with E-state index in [9.17, 15) is 21.6 Å². The molecule has 0 unspecified atom stereocenters. The van der Waals surface area contributed by atoms with Crippen LogP contribution in [0.3, 0.4) is 0 Å². The van der Waals surface area contributed by atoms with Crippen molar-refractivity contribution < 1.29 is 26.3 Å². The largest absolute Gasteiger partial charge is 0.433 e. The number of hydrogen-bond acceptors (Lipinski definition) is 4. The fraction of sp³-hybridized carbons (Fsp3) is 0.308. The molecular weight excluding hydrogens is 321 g/mol. The second-order valence-corrected chi connectivity index (χ2v) is 6.60. The monoisotopic (exact) mass is 334 g/mol. The summed E-state index contributed by atoms with van der Waals surface area (Å²) in [5.74, 6) is -0.192. The highest BCUT2D eigenvalue weighted by atomic mass is 32.2. The Balaban J connectivity index is 2.33. The molecule has 22 heavy (non-hydrogen) atoms. The average molecular weight is 334 g/mol. The highest BCUT2D eigenvalue weighted by Gasteiger charge is 2.35. The Morgan fingerprint density at radius 1 is 1.23 bits per heavy atom. The van der Waals surface area contributed by atoms with Crippen molar-refractivity contribution in [2.45, 2.75) is 11.1 Å². The lowest BCUT2D eigenvalue weighted by Crippen LogP contribution is -2.11. The molecule has 1 aromatic carbocycles. The predicted octanol–water partition coefficient (Wildman–Crippen LogP) is 2.52. The summed E-state index contributed by atoms with van der Waals surface area (Å²) >= 11 is 0. The third kappa shape index (κ3) is 3.47. The van der Waals surface area contributed by atoms with Gasteiger partial charge in [-0.25, -0.2) is 8.42 Å². The third-order valence-electron chi connectivity index (χ3n) is 3.00. The van der Waals surface area contributed by atoms with Crippen LogP contribution < -0.4 is 0 Å². The number of nitrogens with one attached hydrogen (secondary N) is 1. The number of rotatable bonds is 5. The number of hydrogen-bond donors (Lipinski definition) is 1. The number of sulfone groups is 1. The van der Waals surface area contributed by atoms with E-state index in [1.165, 1.54) is 31.4 Å². The number of ether oxygens (including phenoxy) is 1. The molecule has 0 aliphatic rings. The van der Waals surface area contributed by atoms with Crippen LogP contribution in [0.1, 0.15) is 5.69 Å². The first-order chi connectivity index (χ1) is 10.3. The maximum Gasteiger partial charge on any atom is 0.433 e. The van der Waals surface area contributed by atoms with Crippen LogP contribution in [0.15, 0.2) is 35.4 Å². The predicted molar refractivity (Wildman–Crippen MR) is 73.0 cm³/mol. The normalized spacial score (nSPS) is 12.5. The number of halogens is 3. The summed E-state index contributed by atoms with van der Waals surface area (Å²) < 4.78 is 67.0. The van der Waals surface area contributed by atoms with Gasteiger partial charge in [0.25, 0.3) is 0 Å². The van der Waals surface area contributed by atoms with Gasteiger partial charge in [-0.15, -0.1) is 0 Å². The summed E-state index contributed by atoms with van der Waals surface area (Å²) in [6, 6.07) is 5.18. The second kappa shape index (κ2) is 6.09. The second-order valence-electron chi connectivity index (χ2n) is 4.49. The minimum atomic E-state index is -4.56. The van der Waals surface area contributed by atoms with Crippen molar-refractivity contribution in [3.8, 4) is 11.1 Å². The molecule has 0 spiro atoms. The van der Waals surface area contributed by atoms with E-state index in [-0.39, 0.29) is 28.4 Å². The van der Waals surface area contributed by atoms with Gasteiger partial charge in [-0.05, 0) is 17.7 Å². The molecule has 0 saturated carbocycles. The number of aromatic amines is 1. The molecule has 0 aliphatic carbocycles. The van der Waals surface area contributed by atoms with Crippen LogP contribution in [0.25, 0.3) is 11.1 Å². The fourth-order valence-electron chi connectivity index (χ4n) is 1.87. The van der Waals surface area contributed by atoms with Gasteiger partial charge in [0.15, 0.2) is 9.84 Å². The number of nitrogens with zero attached hydrogens (tertiary/aromatic N) is 1. The SMILES string of the molecule is COCCS(=O)(=O)c1ccc(-c2cn[nH]c2C(F)(F)F)cc1. The Morgan fingerprint density at radius 3 is 2.41 bits per heavy atom. The molecule has 9 heteroatoms. The standard InChI is InChI=1S/C13H13F3N2O3S/c1-21-6-7-22(19,20)10-4-2-9(3-5-10)11-8-17-18-12(11)13(14,15)16/h2-5,8H,6-7H2,1H3,(H,17,18). The zero-order valence-corrected chi connectivity index (χ0v) is 12.3. The van der Waals surface area contributed by atoms with Crippen LogP contribution >= 0.6 is 0 Å². The quantitative estimate of drug-likeness (QED) is 0.912. The van der Waals surface area contributed by atoms with E-state index in [1.54, 1.807) is 0 Å². The van der Waals surface area contributed by atoms with Crippen molar-refractivity contribution in [3.63, 3.8) is 0 Å². The smallest absolute Gasteiger partial charge is 0.384 e. The summed E-state index contributed by atoms with van der Waals surface area (Å²) in [4.78, 5) is 0.0327. The van der Waals surface area contributed by atoms with Crippen molar-refractivity contribution in [1.82, 2.24) is 10.2 Å². The van der Waals surface area contributed by atoms with Gasteiger partial charge in [-0.2, -0.15) is 18.3 Å². The van der Waals surface area contributed by atoms with Gasteiger partial charge in [0.05, 0.1) is 23.5 Å². The van der Waals surface area contributed by atoms with Crippen LogP contribution in [0, 0.1) is 0 Å². The molecule has 1 heterocycles. The Labute approximate surface area is 125 Å². The third-order valence-corrected chi connectivity index (χ3v) is 4.70. The molecule has 0 bridgehead atoms. The van der Waals surface area contributed by atoms with Gasteiger partial charge in [-0.3, -0.25) is 5.10 Å². The van der Waals surface area contributed by atoms with E-state index in [0.29, 0.717) is 0 Å². The molecule has 5 nitrogen and oxygen atoms in total. The number of alkyl halides is 3. The van der Waals surface area contributed by atoms with Gasteiger partial charge in [0.2, 0.25) is 0 Å². The number of aromatic nitrogens is 2. The Kier molecular flexibility index (Phi) is 4.57. The van der Waals surface area contributed by atoms with E-state index in [1.807, 2.05) is 5.10 Å². The summed E-state index contributed by atoms with van der Waals surface area (Å²) in [6.45, 7) is 0.0457. The van der Waals surface area contributed by atoms with Gasteiger partial charge in [-0.1, -0.05) is 12.1 Å². The van der Waals surface area contributed by atoms with Gasteiger partial charge in [0, 0.05) is 12.7 Å². The molecule has 0 atom stereocenters. The summed E-state index contributed by atoms with van der Waals surface area (Å²) in [7, 11) is -2.13. The molecule has 2 aromatic rings. The Hall–Kier alpha value is -1.87. The Bertz CT molecular complexity index is 737. The number of benzene rings is 1. The summed E-state index contributed by atoms with van der Waals surface area (Å²) in [6.07, 6.45) is -3.51. The average Bonchev–Trinajstić information content (AvgIpc) is 2.95. The molecule has 2 rings (SSSR count). The van der Waals surface area contributed by atoms with Crippen molar-refractivity contribution >= 4 is 9.84 Å². The Morgan fingerprint density at radius 2 is 1.86 bits per heavy atom. The summed E-state index contributed by atoms with van der Waals surface area (Å²) in [5.41, 5.74) is -0.873. The molecule has 0 radical (unpaired) electrons. The zero-order valence-electron chi connectivity index (χ0n) is 11.5. The van der Waals surface area contributed by atoms with E-state index >= 15 is 0 Å². The van der Waals surface area contributed by atoms with Crippen LogP contribution in [-0.4, -0.2) is 38.1 Å². The van der Waals surface area contributed by atoms with Crippen LogP contribution in [0.5, 0.6) is 0 Å². The van der Waals surface area contributed by atoms with Crippen LogP contribution in [0.4, 0.5) is 13.2 Å². The van der Waals surface area contributed by atoms with E-state index in [0.717, 1.165) is 6.20 Å². The first kappa shape index (κ1) is 16.5.